The van der Waals surface area contributed by atoms with Crippen LogP contribution in [-0.2, 0) is 0 Å². The first-order chi connectivity index (χ1) is 11.1. The van der Waals surface area contributed by atoms with Crippen molar-refractivity contribution < 1.29 is 4.92 Å². The Bertz CT molecular complexity index is 1030. The van der Waals surface area contributed by atoms with E-state index in [1.165, 1.54) is 12.1 Å². The molecule has 0 aliphatic carbocycles. The molecule has 0 unspecified atom stereocenters. The van der Waals surface area contributed by atoms with Crippen molar-refractivity contribution in [3.63, 3.8) is 0 Å². The van der Waals surface area contributed by atoms with Crippen molar-refractivity contribution in [1.82, 2.24) is 19.6 Å². The van der Waals surface area contributed by atoms with Crippen LogP contribution in [-0.4, -0.2) is 24.5 Å². The van der Waals surface area contributed by atoms with Gasteiger partial charge in [0.15, 0.2) is 0 Å². The summed E-state index contributed by atoms with van der Waals surface area (Å²) in [4.78, 5) is 19.1. The van der Waals surface area contributed by atoms with Gasteiger partial charge in [-0.15, -0.1) is 0 Å². The molecule has 0 fully saturated rings. The van der Waals surface area contributed by atoms with Gasteiger partial charge in [0.25, 0.3) is 11.5 Å². The van der Waals surface area contributed by atoms with Crippen LogP contribution in [0, 0.1) is 17.0 Å². The van der Waals surface area contributed by atoms with Gasteiger partial charge in [-0.3, -0.25) is 15.2 Å². The lowest BCUT2D eigenvalue weighted by atomic mass is 10.2. The van der Waals surface area contributed by atoms with Crippen LogP contribution in [0.3, 0.4) is 0 Å². The maximum atomic E-state index is 10.7. The van der Waals surface area contributed by atoms with Gasteiger partial charge < -0.3 is 5.32 Å². The van der Waals surface area contributed by atoms with Gasteiger partial charge in [0.1, 0.15) is 0 Å². The van der Waals surface area contributed by atoms with Crippen LogP contribution in [0.2, 0.25) is 0 Å². The van der Waals surface area contributed by atoms with Crippen molar-refractivity contribution in [2.75, 3.05) is 5.32 Å². The highest BCUT2D eigenvalue weighted by Gasteiger charge is 2.10. The molecule has 2 heterocycles. The summed E-state index contributed by atoms with van der Waals surface area (Å²) in [6.07, 6.45) is 0. The number of nitrogens with zero attached hydrogens (tertiary/aromatic N) is 4. The Kier molecular flexibility index (Phi) is 2.77. The van der Waals surface area contributed by atoms with Crippen molar-refractivity contribution in [1.29, 1.82) is 0 Å². The van der Waals surface area contributed by atoms with Crippen molar-refractivity contribution in [3.8, 4) is 0 Å². The Morgan fingerprint density at radius 2 is 1.96 bits per heavy atom. The molecular formula is C15H12N6O2. The van der Waals surface area contributed by atoms with E-state index in [1.54, 1.807) is 16.6 Å². The Labute approximate surface area is 129 Å². The van der Waals surface area contributed by atoms with Gasteiger partial charge in [-0.1, -0.05) is 6.07 Å². The van der Waals surface area contributed by atoms with Crippen molar-refractivity contribution >= 4 is 34.1 Å². The Morgan fingerprint density at radius 3 is 2.70 bits per heavy atom. The van der Waals surface area contributed by atoms with Crippen LogP contribution in [0.4, 0.5) is 17.3 Å². The normalized spacial score (nSPS) is 11.2. The molecule has 2 aromatic heterocycles. The molecule has 0 saturated carbocycles. The Morgan fingerprint density at radius 1 is 1.17 bits per heavy atom. The van der Waals surface area contributed by atoms with Crippen LogP contribution < -0.4 is 5.32 Å². The first kappa shape index (κ1) is 13.3. The minimum Gasteiger partial charge on any atom is -0.325 e. The molecule has 114 valence electrons. The average molecular weight is 308 g/mol. The predicted molar refractivity (Wildman–Crippen MR) is 86.0 cm³/mol. The lowest BCUT2D eigenvalue weighted by molar-refractivity contribution is -0.384. The molecule has 4 aromatic rings. The zero-order valence-corrected chi connectivity index (χ0v) is 12.1. The first-order valence-corrected chi connectivity index (χ1v) is 6.96. The van der Waals surface area contributed by atoms with Crippen molar-refractivity contribution in [2.45, 2.75) is 6.92 Å². The molecule has 2 aromatic carbocycles. The molecule has 0 aliphatic heterocycles. The van der Waals surface area contributed by atoms with E-state index < -0.39 is 4.92 Å². The van der Waals surface area contributed by atoms with Crippen LogP contribution in [0.15, 0.2) is 42.5 Å². The predicted octanol–water partition coefficient (Wildman–Crippen LogP) is 3.17. The van der Waals surface area contributed by atoms with Crippen LogP contribution in [0.1, 0.15) is 5.56 Å². The van der Waals surface area contributed by atoms with Gasteiger partial charge in [0, 0.05) is 17.8 Å². The van der Waals surface area contributed by atoms with E-state index in [9.17, 15) is 10.1 Å². The fraction of sp³-hybridized carbons (Fsp3) is 0.0667. The van der Waals surface area contributed by atoms with Crippen molar-refractivity contribution in [2.24, 2.45) is 0 Å². The van der Waals surface area contributed by atoms with E-state index in [0.29, 0.717) is 17.4 Å². The summed E-state index contributed by atoms with van der Waals surface area (Å²) >= 11 is 0. The van der Waals surface area contributed by atoms with E-state index >= 15 is 0 Å². The zero-order valence-electron chi connectivity index (χ0n) is 12.1. The van der Waals surface area contributed by atoms with E-state index in [2.05, 4.69) is 20.4 Å². The van der Waals surface area contributed by atoms with E-state index in [1.807, 2.05) is 25.1 Å². The zero-order chi connectivity index (χ0) is 16.0. The van der Waals surface area contributed by atoms with Gasteiger partial charge >= 0.3 is 0 Å². The van der Waals surface area contributed by atoms with Gasteiger partial charge in [0.2, 0.25) is 5.95 Å². The number of non-ortho nitro benzene ring substituents is 1. The maximum Gasteiger partial charge on any atom is 0.269 e. The van der Waals surface area contributed by atoms with Crippen molar-refractivity contribution in [3.05, 3.63) is 58.1 Å². The van der Waals surface area contributed by atoms with Crippen LogP contribution in [0.25, 0.3) is 16.8 Å². The molecule has 0 aliphatic rings. The van der Waals surface area contributed by atoms with E-state index in [-0.39, 0.29) is 5.69 Å². The number of rotatable bonds is 3. The lowest BCUT2D eigenvalue weighted by Crippen LogP contribution is -1.94. The summed E-state index contributed by atoms with van der Waals surface area (Å²) in [6.45, 7) is 2.02. The molecule has 0 spiro atoms. The first-order valence-electron chi connectivity index (χ1n) is 6.96. The monoisotopic (exact) mass is 308 g/mol. The maximum absolute atomic E-state index is 10.7. The Balaban J connectivity index is 1.68. The number of anilines is 2. The second-order valence-corrected chi connectivity index (χ2v) is 5.24. The number of aromatic amines is 1. The smallest absolute Gasteiger partial charge is 0.269 e. The van der Waals surface area contributed by atoms with E-state index in [4.69, 9.17) is 0 Å². The van der Waals surface area contributed by atoms with Gasteiger partial charge in [-0.25, -0.2) is 9.50 Å². The third-order valence-corrected chi connectivity index (χ3v) is 3.56. The number of hydrogen-bond donors (Lipinski definition) is 2. The summed E-state index contributed by atoms with van der Waals surface area (Å²) in [5.41, 5.74) is 3.71. The third-order valence-electron chi connectivity index (χ3n) is 3.56. The number of nitro benzene ring substituents is 1. The Hall–Kier alpha value is -3.42. The minimum absolute atomic E-state index is 0.0474. The molecule has 23 heavy (non-hydrogen) atoms. The summed E-state index contributed by atoms with van der Waals surface area (Å²) in [6, 6.07) is 12.1. The van der Waals surface area contributed by atoms with E-state index in [0.717, 1.165) is 16.6 Å². The van der Waals surface area contributed by atoms with Gasteiger partial charge in [-0.05, 0) is 36.8 Å². The topological polar surface area (TPSA) is 101 Å². The second kappa shape index (κ2) is 4.80. The molecule has 8 nitrogen and oxygen atoms in total. The summed E-state index contributed by atoms with van der Waals surface area (Å²) in [7, 11) is 0. The minimum atomic E-state index is -0.432. The highest BCUT2D eigenvalue weighted by Crippen LogP contribution is 2.21. The highest BCUT2D eigenvalue weighted by molar-refractivity contribution is 5.80. The summed E-state index contributed by atoms with van der Waals surface area (Å²) in [5.74, 6) is 1.08. The largest absolute Gasteiger partial charge is 0.325 e. The number of nitro groups is 1. The molecule has 0 atom stereocenters. The second-order valence-electron chi connectivity index (χ2n) is 5.24. The quantitative estimate of drug-likeness (QED) is 0.447. The fourth-order valence-electron chi connectivity index (χ4n) is 2.45. The number of imidazole rings is 1. The average Bonchev–Trinajstić information content (AvgIpc) is 3.04. The molecule has 8 heteroatoms. The molecule has 0 saturated heterocycles. The SMILES string of the molecule is Cc1ccc2c(c1)nc1nc(Nc3ccc([N+](=O)[O-])cc3)[nH]n12. The summed E-state index contributed by atoms with van der Waals surface area (Å²) in [5, 5.41) is 16.9. The number of nitrogens with one attached hydrogen (secondary N) is 2. The number of benzene rings is 2. The number of aryl methyl sites for hydroxylation is 1. The molecule has 0 bridgehead atoms. The molecule has 4 rings (SSSR count). The number of hydrogen-bond acceptors (Lipinski definition) is 5. The van der Waals surface area contributed by atoms with Crippen LogP contribution >= 0.6 is 0 Å². The highest BCUT2D eigenvalue weighted by atomic mass is 16.6. The summed E-state index contributed by atoms with van der Waals surface area (Å²) < 4.78 is 1.79. The molecule has 0 amide bonds. The van der Waals surface area contributed by atoms with Crippen LogP contribution in [0.5, 0.6) is 0 Å². The standard InChI is InChI=1S/C15H12N6O2/c1-9-2-7-13-12(8-9)17-15-18-14(19-20(13)15)16-10-3-5-11(6-4-10)21(22)23/h2-8H,1H3,(H2,16,17,18,19). The molecule has 0 radical (unpaired) electrons. The molecule has 2 N–H and O–H groups in total. The molecular weight excluding hydrogens is 296 g/mol. The fourth-order valence-corrected chi connectivity index (χ4v) is 2.45. The van der Waals surface area contributed by atoms with Gasteiger partial charge in [-0.2, -0.15) is 4.98 Å². The number of aromatic nitrogens is 4. The third kappa shape index (κ3) is 2.26. The lowest BCUT2D eigenvalue weighted by Gasteiger charge is -2.01. The number of H-pyrrole nitrogens is 1. The van der Waals surface area contributed by atoms with Gasteiger partial charge in [0.05, 0.1) is 16.0 Å². The number of fused-ring (bicyclic) bond motifs is 3.